The van der Waals surface area contributed by atoms with Gasteiger partial charge in [0, 0.05) is 25.0 Å². The Morgan fingerprint density at radius 3 is 1.33 bits per heavy atom. The summed E-state index contributed by atoms with van der Waals surface area (Å²) < 4.78 is 65.5. The van der Waals surface area contributed by atoms with E-state index >= 15 is 0 Å². The highest BCUT2D eigenvalue weighted by Gasteiger charge is 2.56. The van der Waals surface area contributed by atoms with Crippen molar-refractivity contribution < 1.29 is 95.4 Å². The van der Waals surface area contributed by atoms with E-state index in [0.717, 1.165) is 108 Å². The van der Waals surface area contributed by atoms with Gasteiger partial charge in [0.25, 0.3) is 0 Å². The number of carbonyl (C=O) groups is 3. The van der Waals surface area contributed by atoms with Crippen LogP contribution in [0.5, 0.6) is 0 Å². The molecule has 20 nitrogen and oxygen atoms in total. The van der Waals surface area contributed by atoms with Crippen molar-refractivity contribution in [2.24, 2.45) is 0 Å². The topological polar surface area (TPSA) is 320 Å². The van der Waals surface area contributed by atoms with Crippen LogP contribution in [0.15, 0.2) is 0 Å². The van der Waals surface area contributed by atoms with E-state index in [1.54, 1.807) is 0 Å². The van der Waals surface area contributed by atoms with Crippen LogP contribution in [0.2, 0.25) is 0 Å². The number of rotatable bonds is 42. The number of hydrogen-bond acceptors (Lipinski definition) is 16. The maximum absolute atomic E-state index is 13.1. The van der Waals surface area contributed by atoms with Crippen molar-refractivity contribution in [2.45, 2.75) is 236 Å². The molecule has 1 rings (SSSR count). The van der Waals surface area contributed by atoms with E-state index in [1.807, 2.05) is 6.92 Å². The van der Waals surface area contributed by atoms with Gasteiger partial charge >= 0.3 is 35.4 Å². The fourth-order valence-electron chi connectivity index (χ4n) is 7.55. The third-order valence-electron chi connectivity index (χ3n) is 11.2. The van der Waals surface area contributed by atoms with Gasteiger partial charge in [-0.1, -0.05) is 160 Å². The molecule has 1 saturated carbocycles. The number of esters is 2. The Kier molecular flexibility index (Phi) is 35.4. The van der Waals surface area contributed by atoms with Crippen molar-refractivity contribution in [2.75, 3.05) is 19.0 Å². The van der Waals surface area contributed by atoms with Gasteiger partial charge in [-0.05, 0) is 25.7 Å². The van der Waals surface area contributed by atoms with E-state index < -0.39 is 91.3 Å². The number of aliphatic hydroxyl groups is 3. The summed E-state index contributed by atoms with van der Waals surface area (Å²) in [6.07, 6.45) is 10.6. The Hall–Kier alpha value is -0.830. The summed E-state index contributed by atoms with van der Waals surface area (Å²) in [4.78, 5) is 84.8. The zero-order chi connectivity index (χ0) is 50.1. The average Bonchev–Trinajstić information content (AvgIpc) is 3.24. The van der Waals surface area contributed by atoms with E-state index in [-0.39, 0.29) is 18.0 Å². The zero-order valence-electron chi connectivity index (χ0n) is 39.7. The average molecular weight is 1050 g/mol. The number of hydrogen-bond donors (Lipinski definition) is 8. The van der Waals surface area contributed by atoms with Crippen molar-refractivity contribution in [3.8, 4) is 0 Å². The molecule has 0 aromatic carbocycles. The number of phosphoric acid groups is 3. The number of unbranched alkanes of at least 4 members (excludes halogenated alkanes) is 22. The summed E-state index contributed by atoms with van der Waals surface area (Å²) in [6, 6.07) is 0. The quantitative estimate of drug-likeness (QED) is 0.0162. The van der Waals surface area contributed by atoms with Gasteiger partial charge in [0.1, 0.15) is 43.2 Å². The van der Waals surface area contributed by atoms with Crippen molar-refractivity contribution in [1.29, 1.82) is 0 Å². The molecule has 0 bridgehead atoms. The molecule has 0 spiro atoms. The summed E-state index contributed by atoms with van der Waals surface area (Å²) >= 11 is 1.44. The Bertz CT molecular complexity index is 1480. The van der Waals surface area contributed by atoms with E-state index in [9.17, 15) is 67.9 Å². The smallest absolute Gasteiger partial charge is 0.462 e. The van der Waals surface area contributed by atoms with Crippen molar-refractivity contribution >= 4 is 52.3 Å². The first-order valence-electron chi connectivity index (χ1n) is 24.4. The minimum absolute atomic E-state index is 0.00570. The van der Waals surface area contributed by atoms with Crippen LogP contribution >= 0.6 is 35.2 Å². The van der Waals surface area contributed by atoms with Gasteiger partial charge in [-0.3, -0.25) is 32.5 Å². The molecule has 24 heteroatoms. The Morgan fingerprint density at radius 2 is 0.881 bits per heavy atom. The molecule has 0 aromatic rings. The fraction of sp³-hybridized carbons (Fsp3) is 0.930. The van der Waals surface area contributed by atoms with Crippen LogP contribution in [0.4, 0.5) is 0 Å². The van der Waals surface area contributed by atoms with E-state index in [4.69, 9.17) is 18.5 Å². The molecule has 1 aliphatic carbocycles. The Labute approximate surface area is 401 Å². The largest absolute Gasteiger partial charge is 0.472 e. The maximum Gasteiger partial charge on any atom is 0.472 e. The lowest BCUT2D eigenvalue weighted by Gasteiger charge is -2.44. The van der Waals surface area contributed by atoms with Gasteiger partial charge in [-0.25, -0.2) is 13.7 Å². The molecule has 0 aromatic heterocycles. The number of carbonyl (C=O) groups excluding carboxylic acids is 3. The minimum Gasteiger partial charge on any atom is -0.462 e. The highest BCUT2D eigenvalue weighted by molar-refractivity contribution is 8.13. The summed E-state index contributed by atoms with van der Waals surface area (Å²) in [5.74, 6) is -0.423. The van der Waals surface area contributed by atoms with Crippen molar-refractivity contribution in [3.63, 3.8) is 0 Å². The predicted octanol–water partition coefficient (Wildman–Crippen LogP) is 8.22. The molecule has 8 N–H and O–H groups in total. The first kappa shape index (κ1) is 64.2. The summed E-state index contributed by atoms with van der Waals surface area (Å²) in [7, 11) is -16.6. The molecule has 0 aliphatic heterocycles. The highest BCUT2D eigenvalue weighted by atomic mass is 32.2. The SMILES string of the molecule is CCCCCCCCCCCCCCCC(=O)O[C@H](COC(=O)CCCCCCCCCCCCCSC(=O)CCC)COP(=O)(O)OC1C(O)[C@@H](O)C(OP(=O)(O)O)[C@@H](OP(=O)(O)O)[C@H]1O. The van der Waals surface area contributed by atoms with Crippen LogP contribution in [-0.4, -0.2) is 119 Å². The highest BCUT2D eigenvalue weighted by Crippen LogP contribution is 2.51. The monoisotopic (exact) mass is 1040 g/mol. The second kappa shape index (κ2) is 37.0. The first-order valence-corrected chi connectivity index (χ1v) is 29.9. The van der Waals surface area contributed by atoms with Crippen LogP contribution < -0.4 is 0 Å². The van der Waals surface area contributed by atoms with Gasteiger partial charge in [-0.15, -0.1) is 0 Å². The first-order chi connectivity index (χ1) is 31.7. The van der Waals surface area contributed by atoms with Gasteiger partial charge in [-0.2, -0.15) is 0 Å². The number of thioether (sulfide) groups is 1. The van der Waals surface area contributed by atoms with Crippen molar-refractivity contribution in [3.05, 3.63) is 0 Å². The lowest BCUT2D eigenvalue weighted by Crippen LogP contribution is -2.65. The molecule has 67 heavy (non-hydrogen) atoms. The zero-order valence-corrected chi connectivity index (χ0v) is 43.2. The van der Waals surface area contributed by atoms with Crippen LogP contribution in [0.1, 0.15) is 194 Å². The standard InChI is InChI=1S/C43H83O20P3S/c1-3-5-6-7-8-9-10-11-13-17-20-23-26-30-36(45)60-34(32-58-35(44)29-25-22-19-16-14-12-15-18-21-24-27-31-67-37(46)28-4-2)33-59-66(56,57)63-41-38(47)39(48)42(61-64(50,51)52)43(40(41)49)62-65(53,54)55/h34,38-43,47-49H,3-33H2,1-2H3,(H,56,57)(H2,50,51,52)(H2,53,54,55)/t34-,38?,39-,40+,41?,42?,43+/m1/s1. The van der Waals surface area contributed by atoms with E-state index in [2.05, 4.69) is 16.0 Å². The van der Waals surface area contributed by atoms with Gasteiger partial charge in [0.15, 0.2) is 11.2 Å². The van der Waals surface area contributed by atoms with Gasteiger partial charge < -0.3 is 49.3 Å². The second-order valence-corrected chi connectivity index (χ2v) is 22.3. The minimum atomic E-state index is -5.60. The predicted molar refractivity (Wildman–Crippen MR) is 251 cm³/mol. The summed E-state index contributed by atoms with van der Waals surface area (Å²) in [5, 5.41) is 32.1. The van der Waals surface area contributed by atoms with Crippen LogP contribution in [0.25, 0.3) is 0 Å². The molecular formula is C43H83O20P3S. The second-order valence-electron chi connectivity index (χ2n) is 17.3. The summed E-state index contributed by atoms with van der Waals surface area (Å²) in [5.41, 5.74) is 0. The molecule has 0 heterocycles. The Balaban J connectivity index is 2.69. The number of aliphatic hydroxyl groups excluding tert-OH is 3. The van der Waals surface area contributed by atoms with Crippen LogP contribution in [0.3, 0.4) is 0 Å². The third-order valence-corrected chi connectivity index (χ3v) is 14.2. The molecule has 8 atom stereocenters. The van der Waals surface area contributed by atoms with Gasteiger partial charge in [0.2, 0.25) is 0 Å². The molecule has 4 unspecified atom stereocenters. The van der Waals surface area contributed by atoms with Crippen LogP contribution in [-0.2, 0) is 55.6 Å². The lowest BCUT2D eigenvalue weighted by molar-refractivity contribution is -0.213. The van der Waals surface area contributed by atoms with Gasteiger partial charge in [0.05, 0.1) is 6.61 Å². The molecular weight excluding hydrogens is 961 g/mol. The normalized spacial score (nSPS) is 21.5. The third kappa shape index (κ3) is 33.5. The number of phosphoric ester groups is 3. The van der Waals surface area contributed by atoms with E-state index in [0.29, 0.717) is 19.3 Å². The Morgan fingerprint density at radius 1 is 0.478 bits per heavy atom. The fourth-order valence-corrected chi connectivity index (χ4v) is 10.6. The molecule has 1 aliphatic rings. The molecule has 0 radical (unpaired) electrons. The molecule has 0 amide bonds. The van der Waals surface area contributed by atoms with E-state index in [1.165, 1.54) is 56.7 Å². The number of ether oxygens (including phenoxy) is 2. The summed E-state index contributed by atoms with van der Waals surface area (Å²) in [6.45, 7) is 2.71. The molecule has 396 valence electrons. The van der Waals surface area contributed by atoms with Crippen LogP contribution in [0, 0.1) is 0 Å². The lowest BCUT2D eigenvalue weighted by atomic mass is 9.85. The maximum atomic E-state index is 13.1. The molecule has 0 saturated heterocycles. The van der Waals surface area contributed by atoms with Crippen molar-refractivity contribution in [1.82, 2.24) is 0 Å². The molecule has 1 fully saturated rings.